The highest BCUT2D eigenvalue weighted by Gasteiger charge is 2.00. The van der Waals surface area contributed by atoms with Crippen molar-refractivity contribution in [2.24, 2.45) is 0 Å². The van der Waals surface area contributed by atoms with Gasteiger partial charge >= 0.3 is 0 Å². The van der Waals surface area contributed by atoms with E-state index in [4.69, 9.17) is 0 Å². The molecule has 3 aromatic rings. The predicted molar refractivity (Wildman–Crippen MR) is 107 cm³/mol. The van der Waals surface area contributed by atoms with Crippen molar-refractivity contribution >= 4 is 12.0 Å². The van der Waals surface area contributed by atoms with Gasteiger partial charge in [-0.25, -0.2) is 0 Å². The van der Waals surface area contributed by atoms with Crippen molar-refractivity contribution in [3.8, 4) is 11.1 Å². The molecule has 0 saturated heterocycles. The van der Waals surface area contributed by atoms with Crippen LogP contribution in [0.25, 0.3) is 11.1 Å². The number of carbonyl (C=O) groups is 1. The Labute approximate surface area is 150 Å². The van der Waals surface area contributed by atoms with Gasteiger partial charge in [-0.2, -0.15) is 0 Å². The summed E-state index contributed by atoms with van der Waals surface area (Å²) in [6.45, 7) is 6.24. The topological polar surface area (TPSA) is 20.3 Å². The van der Waals surface area contributed by atoms with Crippen LogP contribution in [0, 0.1) is 0 Å². The summed E-state index contributed by atoms with van der Waals surface area (Å²) >= 11 is 0. The molecular formula is C23H25NO. The Morgan fingerprint density at radius 3 is 1.48 bits per heavy atom. The lowest BCUT2D eigenvalue weighted by Crippen LogP contribution is -2.21. The molecule has 0 aliphatic heterocycles. The summed E-state index contributed by atoms with van der Waals surface area (Å²) in [4.78, 5) is 12.7. The second kappa shape index (κ2) is 10.1. The van der Waals surface area contributed by atoms with Crippen molar-refractivity contribution < 1.29 is 4.79 Å². The van der Waals surface area contributed by atoms with Crippen LogP contribution in [0.3, 0.4) is 0 Å². The molecule has 0 bridgehead atoms. The fraction of sp³-hybridized carbons (Fsp3) is 0.174. The van der Waals surface area contributed by atoms with Gasteiger partial charge in [0.1, 0.15) is 6.29 Å². The Hall–Kier alpha value is -2.87. The van der Waals surface area contributed by atoms with E-state index < -0.39 is 0 Å². The number of anilines is 1. The van der Waals surface area contributed by atoms with Gasteiger partial charge in [-0.05, 0) is 49.2 Å². The van der Waals surface area contributed by atoms with E-state index >= 15 is 0 Å². The normalized spacial score (nSPS) is 9.68. The molecule has 0 aliphatic rings. The molecule has 0 N–H and O–H groups in total. The van der Waals surface area contributed by atoms with Gasteiger partial charge in [0.25, 0.3) is 0 Å². The first-order valence-electron chi connectivity index (χ1n) is 8.69. The molecule has 0 aliphatic carbocycles. The smallest absolute Gasteiger partial charge is 0.150 e. The molecular weight excluding hydrogens is 306 g/mol. The summed E-state index contributed by atoms with van der Waals surface area (Å²) in [5.41, 5.74) is 4.46. The Bertz CT molecular complexity index is 695. The number of nitrogens with zero attached hydrogens (tertiary/aromatic N) is 1. The van der Waals surface area contributed by atoms with Crippen LogP contribution < -0.4 is 4.90 Å². The van der Waals surface area contributed by atoms with Crippen molar-refractivity contribution in [2.75, 3.05) is 18.0 Å². The highest BCUT2D eigenvalue weighted by molar-refractivity contribution is 5.75. The first-order valence-corrected chi connectivity index (χ1v) is 8.69. The molecule has 0 aromatic heterocycles. The minimum absolute atomic E-state index is 0.732. The summed E-state index contributed by atoms with van der Waals surface area (Å²) < 4.78 is 0. The summed E-state index contributed by atoms with van der Waals surface area (Å²) in [5.74, 6) is 0. The average Bonchev–Trinajstić information content (AvgIpc) is 2.71. The maximum absolute atomic E-state index is 10.4. The number of aldehydes is 1. The van der Waals surface area contributed by atoms with Crippen LogP contribution in [0.1, 0.15) is 24.2 Å². The largest absolute Gasteiger partial charge is 0.372 e. The molecule has 3 aromatic carbocycles. The van der Waals surface area contributed by atoms with Crippen LogP contribution in [0.5, 0.6) is 0 Å². The summed E-state index contributed by atoms with van der Waals surface area (Å²) in [6, 6.07) is 28.4. The first kappa shape index (κ1) is 18.5. The van der Waals surface area contributed by atoms with E-state index in [0.29, 0.717) is 0 Å². The fourth-order valence-electron chi connectivity index (χ4n) is 2.61. The van der Waals surface area contributed by atoms with Gasteiger partial charge < -0.3 is 4.90 Å². The monoisotopic (exact) mass is 331 g/mol. The van der Waals surface area contributed by atoms with E-state index in [9.17, 15) is 4.79 Å². The molecule has 0 atom stereocenters. The van der Waals surface area contributed by atoms with Gasteiger partial charge in [0.05, 0.1) is 0 Å². The molecule has 0 unspecified atom stereocenters. The second-order valence-electron chi connectivity index (χ2n) is 5.61. The van der Waals surface area contributed by atoms with Gasteiger partial charge in [-0.1, -0.05) is 60.7 Å². The third-order valence-corrected chi connectivity index (χ3v) is 4.04. The van der Waals surface area contributed by atoms with E-state index in [-0.39, 0.29) is 0 Å². The van der Waals surface area contributed by atoms with Crippen molar-refractivity contribution in [3.63, 3.8) is 0 Å². The van der Waals surface area contributed by atoms with E-state index in [1.807, 2.05) is 36.4 Å². The maximum Gasteiger partial charge on any atom is 0.150 e. The Morgan fingerprint density at radius 1 is 0.680 bits per heavy atom. The SMILES string of the molecule is CCN(CC)c1ccc(C=O)cc1.c1ccc(-c2ccccc2)cc1. The molecule has 2 nitrogen and oxygen atoms in total. The minimum Gasteiger partial charge on any atom is -0.372 e. The van der Waals surface area contributed by atoms with Crippen molar-refractivity contribution in [2.45, 2.75) is 13.8 Å². The van der Waals surface area contributed by atoms with E-state index in [1.54, 1.807) is 0 Å². The molecule has 128 valence electrons. The lowest BCUT2D eigenvalue weighted by molar-refractivity contribution is 0.112. The van der Waals surface area contributed by atoms with Gasteiger partial charge in [0.15, 0.2) is 0 Å². The molecule has 0 amide bonds. The van der Waals surface area contributed by atoms with Crippen molar-refractivity contribution in [1.29, 1.82) is 0 Å². The lowest BCUT2D eigenvalue weighted by atomic mass is 10.1. The third kappa shape index (κ3) is 5.61. The molecule has 0 saturated carbocycles. The highest BCUT2D eigenvalue weighted by Crippen LogP contribution is 2.17. The van der Waals surface area contributed by atoms with Crippen molar-refractivity contribution in [1.82, 2.24) is 0 Å². The van der Waals surface area contributed by atoms with Crippen LogP contribution in [0.4, 0.5) is 5.69 Å². The van der Waals surface area contributed by atoms with Crippen molar-refractivity contribution in [3.05, 3.63) is 90.5 Å². The Kier molecular flexibility index (Phi) is 7.45. The van der Waals surface area contributed by atoms with Crippen LogP contribution >= 0.6 is 0 Å². The van der Waals surface area contributed by atoms with E-state index in [2.05, 4.69) is 67.3 Å². The van der Waals surface area contributed by atoms with Gasteiger partial charge in [-0.15, -0.1) is 0 Å². The number of carbonyl (C=O) groups excluding carboxylic acids is 1. The highest BCUT2D eigenvalue weighted by atomic mass is 16.1. The summed E-state index contributed by atoms with van der Waals surface area (Å²) in [7, 11) is 0. The van der Waals surface area contributed by atoms with Gasteiger partial charge in [-0.3, -0.25) is 4.79 Å². The number of hydrogen-bond acceptors (Lipinski definition) is 2. The van der Waals surface area contributed by atoms with Crippen LogP contribution in [-0.4, -0.2) is 19.4 Å². The third-order valence-electron chi connectivity index (χ3n) is 4.04. The number of rotatable bonds is 5. The number of hydrogen-bond donors (Lipinski definition) is 0. The Morgan fingerprint density at radius 2 is 1.12 bits per heavy atom. The van der Waals surface area contributed by atoms with E-state index in [1.165, 1.54) is 16.8 Å². The van der Waals surface area contributed by atoms with E-state index in [0.717, 1.165) is 24.9 Å². The molecule has 3 rings (SSSR count). The molecule has 0 spiro atoms. The van der Waals surface area contributed by atoms with Crippen LogP contribution in [-0.2, 0) is 0 Å². The zero-order valence-corrected chi connectivity index (χ0v) is 14.9. The summed E-state index contributed by atoms with van der Waals surface area (Å²) in [5, 5.41) is 0. The second-order valence-corrected chi connectivity index (χ2v) is 5.61. The maximum atomic E-state index is 10.4. The molecule has 2 heteroatoms. The predicted octanol–water partition coefficient (Wildman–Crippen LogP) is 5.70. The summed E-state index contributed by atoms with van der Waals surface area (Å²) in [6.07, 6.45) is 0.867. The zero-order valence-electron chi connectivity index (χ0n) is 14.9. The van der Waals surface area contributed by atoms with Crippen LogP contribution in [0.2, 0.25) is 0 Å². The standard InChI is InChI=1S/C12H10.C11H15NO/c1-3-7-11(8-4-1)12-9-5-2-6-10-12;1-3-12(4-2)11-7-5-10(9-13)6-8-11/h1-10H;5-9H,3-4H2,1-2H3. The van der Waals surface area contributed by atoms with Crippen LogP contribution in [0.15, 0.2) is 84.9 Å². The Balaban J connectivity index is 0.000000181. The molecule has 0 radical (unpaired) electrons. The molecule has 0 heterocycles. The van der Waals surface area contributed by atoms with Gasteiger partial charge in [0.2, 0.25) is 0 Å². The number of benzene rings is 3. The fourth-order valence-corrected chi connectivity index (χ4v) is 2.61. The van der Waals surface area contributed by atoms with Gasteiger partial charge in [0, 0.05) is 24.3 Å². The molecule has 25 heavy (non-hydrogen) atoms. The zero-order chi connectivity index (χ0) is 17.9. The first-order chi connectivity index (χ1) is 12.3. The lowest BCUT2D eigenvalue weighted by Gasteiger charge is -2.20. The minimum atomic E-state index is 0.732. The quantitative estimate of drug-likeness (QED) is 0.559. The molecule has 0 fully saturated rings. The average molecular weight is 331 g/mol.